The van der Waals surface area contributed by atoms with Crippen molar-refractivity contribution in [3.63, 3.8) is 0 Å². The van der Waals surface area contributed by atoms with Crippen LogP contribution in [0.25, 0.3) is 0 Å². The van der Waals surface area contributed by atoms with Crippen molar-refractivity contribution >= 4 is 29.2 Å². The van der Waals surface area contributed by atoms with E-state index in [0.717, 1.165) is 17.0 Å². The van der Waals surface area contributed by atoms with Gasteiger partial charge >= 0.3 is 12.3 Å². The van der Waals surface area contributed by atoms with Gasteiger partial charge in [0, 0.05) is 16.8 Å². The summed E-state index contributed by atoms with van der Waals surface area (Å²) in [6.45, 7) is 0.524. The highest BCUT2D eigenvalue weighted by molar-refractivity contribution is 7.99. The van der Waals surface area contributed by atoms with Gasteiger partial charge in [-0.15, -0.1) is 11.3 Å². The second-order valence-electron chi connectivity index (χ2n) is 5.85. The van der Waals surface area contributed by atoms with E-state index in [1.807, 2.05) is 17.5 Å². The summed E-state index contributed by atoms with van der Waals surface area (Å²) in [4.78, 5) is 17.2. The van der Waals surface area contributed by atoms with Crippen molar-refractivity contribution < 1.29 is 27.4 Å². The molecule has 0 radical (unpaired) electrons. The van der Waals surface area contributed by atoms with Crippen LogP contribution in [0, 0.1) is 0 Å². The topological polar surface area (TPSA) is 60.5 Å². The molecule has 158 valence electrons. The first kappa shape index (κ1) is 22.0. The van der Waals surface area contributed by atoms with Crippen LogP contribution in [0.5, 0.6) is 11.5 Å². The van der Waals surface area contributed by atoms with Crippen molar-refractivity contribution in [2.45, 2.75) is 17.7 Å². The summed E-state index contributed by atoms with van der Waals surface area (Å²) in [6.07, 6.45) is -3.45. The molecule has 1 N–H and O–H groups in total. The lowest BCUT2D eigenvalue weighted by atomic mass is 10.2. The summed E-state index contributed by atoms with van der Waals surface area (Å²) >= 11 is 2.80. The van der Waals surface area contributed by atoms with E-state index in [1.165, 1.54) is 35.2 Å². The second kappa shape index (κ2) is 10.4. The minimum absolute atomic E-state index is 0.135. The number of rotatable bonds is 8. The molecule has 1 amide bonds. The highest BCUT2D eigenvalue weighted by Gasteiger charge is 2.30. The number of aromatic nitrogens is 1. The zero-order valence-electron chi connectivity index (χ0n) is 15.5. The van der Waals surface area contributed by atoms with Crippen LogP contribution in [0.1, 0.15) is 10.4 Å². The number of hydrogen-bond acceptors (Lipinski definition) is 6. The maximum absolute atomic E-state index is 12.7. The SMILES string of the molecule is O=C(NCc1cccs1)Oc1cccnc1SCCOc1cccc(C(F)(F)F)c1. The van der Waals surface area contributed by atoms with Crippen LogP contribution in [0.15, 0.2) is 65.1 Å². The fourth-order valence-corrected chi connectivity index (χ4v) is 3.72. The summed E-state index contributed by atoms with van der Waals surface area (Å²) in [6, 6.07) is 11.8. The van der Waals surface area contributed by atoms with Crippen molar-refractivity contribution in [1.82, 2.24) is 10.3 Å². The van der Waals surface area contributed by atoms with Crippen LogP contribution < -0.4 is 14.8 Å². The number of thioether (sulfide) groups is 1. The molecule has 0 fully saturated rings. The largest absolute Gasteiger partial charge is 0.493 e. The quantitative estimate of drug-likeness (QED) is 0.354. The molecule has 0 saturated carbocycles. The number of ether oxygens (including phenoxy) is 2. The Labute approximate surface area is 179 Å². The zero-order valence-corrected chi connectivity index (χ0v) is 17.2. The Morgan fingerprint density at radius 1 is 1.17 bits per heavy atom. The molecular formula is C20H17F3N2O3S2. The minimum Gasteiger partial charge on any atom is -0.493 e. The number of pyridine rings is 1. The minimum atomic E-state index is -4.42. The molecule has 0 aliphatic rings. The average Bonchev–Trinajstić information content (AvgIpc) is 3.24. The molecule has 0 aliphatic heterocycles. The maximum atomic E-state index is 12.7. The second-order valence-corrected chi connectivity index (χ2v) is 7.97. The summed E-state index contributed by atoms with van der Waals surface area (Å²) in [7, 11) is 0. The van der Waals surface area contributed by atoms with Crippen molar-refractivity contribution in [3.05, 3.63) is 70.5 Å². The number of hydrogen-bond donors (Lipinski definition) is 1. The molecular weight excluding hydrogens is 437 g/mol. The number of benzene rings is 1. The Morgan fingerprint density at radius 3 is 2.80 bits per heavy atom. The van der Waals surface area contributed by atoms with E-state index in [1.54, 1.807) is 18.3 Å². The molecule has 0 saturated heterocycles. The normalized spacial score (nSPS) is 11.2. The van der Waals surface area contributed by atoms with Crippen molar-refractivity contribution in [2.24, 2.45) is 0 Å². The summed E-state index contributed by atoms with van der Waals surface area (Å²) in [5.41, 5.74) is -0.762. The zero-order chi connectivity index (χ0) is 21.4. The van der Waals surface area contributed by atoms with E-state index in [2.05, 4.69) is 10.3 Å². The smallest absolute Gasteiger partial charge is 0.416 e. The molecule has 0 bridgehead atoms. The van der Waals surface area contributed by atoms with E-state index in [4.69, 9.17) is 9.47 Å². The Morgan fingerprint density at radius 2 is 2.03 bits per heavy atom. The van der Waals surface area contributed by atoms with Gasteiger partial charge in [0.05, 0.1) is 18.7 Å². The summed E-state index contributed by atoms with van der Waals surface area (Å²) in [5.74, 6) is 0.835. The summed E-state index contributed by atoms with van der Waals surface area (Å²) < 4.78 is 49.0. The number of carbonyl (C=O) groups is 1. The predicted octanol–water partition coefficient (Wildman–Crippen LogP) is 5.62. The van der Waals surface area contributed by atoms with Gasteiger partial charge in [-0.05, 0) is 41.8 Å². The third-order valence-corrected chi connectivity index (χ3v) is 5.51. The summed E-state index contributed by atoms with van der Waals surface area (Å²) in [5, 5.41) is 5.06. The first-order chi connectivity index (χ1) is 14.4. The van der Waals surface area contributed by atoms with Gasteiger partial charge in [-0.3, -0.25) is 0 Å². The predicted molar refractivity (Wildman–Crippen MR) is 109 cm³/mol. The molecule has 3 rings (SSSR count). The van der Waals surface area contributed by atoms with Crippen LogP contribution in [-0.2, 0) is 12.7 Å². The van der Waals surface area contributed by atoms with Gasteiger partial charge in [-0.2, -0.15) is 13.2 Å². The standard InChI is InChI=1S/C20H17F3N2O3S2/c21-20(22,23)14-4-1-5-15(12-14)27-9-11-30-18-17(7-2-8-24-18)28-19(26)25-13-16-6-3-10-29-16/h1-8,10,12H,9,11,13H2,(H,25,26). The molecule has 0 unspecified atom stereocenters. The monoisotopic (exact) mass is 454 g/mol. The van der Waals surface area contributed by atoms with Gasteiger partial charge < -0.3 is 14.8 Å². The average molecular weight is 454 g/mol. The lowest BCUT2D eigenvalue weighted by molar-refractivity contribution is -0.137. The van der Waals surface area contributed by atoms with Crippen LogP contribution >= 0.6 is 23.1 Å². The van der Waals surface area contributed by atoms with Gasteiger partial charge in [-0.25, -0.2) is 9.78 Å². The van der Waals surface area contributed by atoms with Gasteiger partial charge in [0.1, 0.15) is 10.8 Å². The molecule has 1 aromatic carbocycles. The Hall–Kier alpha value is -2.72. The Balaban J connectivity index is 1.48. The van der Waals surface area contributed by atoms with Crippen molar-refractivity contribution in [3.8, 4) is 11.5 Å². The lowest BCUT2D eigenvalue weighted by Crippen LogP contribution is -2.26. The molecule has 10 heteroatoms. The van der Waals surface area contributed by atoms with Crippen LogP contribution in [0.4, 0.5) is 18.0 Å². The number of nitrogens with zero attached hydrogens (tertiary/aromatic N) is 1. The van der Waals surface area contributed by atoms with Gasteiger partial charge in [0.25, 0.3) is 0 Å². The number of carbonyl (C=O) groups excluding carboxylic acids is 1. The van der Waals surface area contributed by atoms with E-state index >= 15 is 0 Å². The number of nitrogens with one attached hydrogen (secondary N) is 1. The van der Waals surface area contributed by atoms with Crippen molar-refractivity contribution in [2.75, 3.05) is 12.4 Å². The molecule has 30 heavy (non-hydrogen) atoms. The van der Waals surface area contributed by atoms with E-state index in [-0.39, 0.29) is 12.4 Å². The Kier molecular flexibility index (Phi) is 7.58. The van der Waals surface area contributed by atoms with Crippen LogP contribution in [0.3, 0.4) is 0 Å². The number of halogens is 3. The molecule has 3 aromatic rings. The molecule has 0 atom stereocenters. The third kappa shape index (κ3) is 6.67. The molecule has 2 heterocycles. The molecule has 0 spiro atoms. The lowest BCUT2D eigenvalue weighted by Gasteiger charge is -2.11. The number of thiophene rings is 1. The first-order valence-electron chi connectivity index (χ1n) is 8.78. The number of alkyl halides is 3. The van der Waals surface area contributed by atoms with Gasteiger partial charge in [-0.1, -0.05) is 23.9 Å². The molecule has 5 nitrogen and oxygen atoms in total. The van der Waals surface area contributed by atoms with Gasteiger partial charge in [0.15, 0.2) is 5.75 Å². The van der Waals surface area contributed by atoms with E-state index in [0.29, 0.717) is 23.1 Å². The van der Waals surface area contributed by atoms with Gasteiger partial charge in [0.2, 0.25) is 0 Å². The highest BCUT2D eigenvalue weighted by atomic mass is 32.2. The third-order valence-electron chi connectivity index (χ3n) is 3.68. The van der Waals surface area contributed by atoms with E-state index in [9.17, 15) is 18.0 Å². The van der Waals surface area contributed by atoms with Crippen LogP contribution in [-0.4, -0.2) is 23.4 Å². The number of amides is 1. The highest BCUT2D eigenvalue weighted by Crippen LogP contribution is 2.31. The molecule has 0 aliphatic carbocycles. The fraction of sp³-hybridized carbons (Fsp3) is 0.200. The van der Waals surface area contributed by atoms with Crippen molar-refractivity contribution in [1.29, 1.82) is 0 Å². The fourth-order valence-electron chi connectivity index (χ4n) is 2.33. The molecule has 2 aromatic heterocycles. The Bertz CT molecular complexity index is 966. The van der Waals surface area contributed by atoms with E-state index < -0.39 is 17.8 Å². The first-order valence-corrected chi connectivity index (χ1v) is 10.6. The van der Waals surface area contributed by atoms with Crippen LogP contribution in [0.2, 0.25) is 0 Å². The maximum Gasteiger partial charge on any atom is 0.416 e.